The maximum absolute atomic E-state index is 5.14. The monoisotopic (exact) mass is 103 g/mol. The quantitative estimate of drug-likeness (QED) is 0.521. The Morgan fingerprint density at radius 3 is 2.33 bits per heavy atom. The van der Waals surface area contributed by atoms with Crippen LogP contribution in [-0.4, -0.2) is 11.4 Å². The van der Waals surface area contributed by atoms with Gasteiger partial charge in [0.25, 0.3) is 0 Å². The minimum atomic E-state index is 0.690. The average Bonchev–Trinajstić information content (AvgIpc) is 1.35. The van der Waals surface area contributed by atoms with Gasteiger partial charge in [-0.15, -0.1) is 0 Å². The summed E-state index contributed by atoms with van der Waals surface area (Å²) in [7, 11) is 0. The number of thiocarbonyl (C=S) groups is 1. The van der Waals surface area contributed by atoms with Crippen LogP contribution in [0, 0.1) is 0 Å². The highest BCUT2D eigenvalue weighted by molar-refractivity contribution is 7.80. The lowest BCUT2D eigenvalue weighted by atomic mass is 10.3. The number of rotatable bonds is 2. The molecule has 0 aromatic carbocycles. The Bertz CT molecular complexity index is 51.5. The maximum Gasteiger partial charge on any atom is -0.00318 e. The van der Waals surface area contributed by atoms with Gasteiger partial charge in [0.2, 0.25) is 0 Å². The van der Waals surface area contributed by atoms with Crippen molar-refractivity contribution in [2.24, 2.45) is 5.73 Å². The average molecular weight is 103 g/mol. The fourth-order valence-corrected chi connectivity index (χ4v) is 0.321. The molecular weight excluding hydrogens is 94.1 g/mol. The van der Waals surface area contributed by atoms with Crippen LogP contribution in [-0.2, 0) is 0 Å². The third kappa shape index (κ3) is 4.05. The van der Waals surface area contributed by atoms with Crippen molar-refractivity contribution >= 4 is 17.1 Å². The Morgan fingerprint density at radius 2 is 2.33 bits per heavy atom. The second kappa shape index (κ2) is 3.25. The van der Waals surface area contributed by atoms with E-state index < -0.39 is 0 Å². The van der Waals surface area contributed by atoms with E-state index in [9.17, 15) is 0 Å². The summed E-state index contributed by atoms with van der Waals surface area (Å²) in [4.78, 5) is 0.998. The van der Waals surface area contributed by atoms with Crippen LogP contribution in [0.4, 0.5) is 0 Å². The van der Waals surface area contributed by atoms with Crippen molar-refractivity contribution in [3.8, 4) is 0 Å². The smallest absolute Gasteiger partial charge is 0.00318 e. The van der Waals surface area contributed by atoms with E-state index in [0.29, 0.717) is 6.54 Å². The Morgan fingerprint density at radius 1 is 1.83 bits per heavy atom. The standard InChI is InChI=1S/C4H9NS/c1-4(6)2-3-5/h2-3,5H2,1H3. The summed E-state index contributed by atoms with van der Waals surface area (Å²) in [6, 6.07) is 0. The van der Waals surface area contributed by atoms with Crippen molar-refractivity contribution in [3.63, 3.8) is 0 Å². The Labute approximate surface area is 43.5 Å². The van der Waals surface area contributed by atoms with Crippen molar-refractivity contribution < 1.29 is 0 Å². The lowest BCUT2D eigenvalue weighted by Gasteiger charge is -1.85. The first-order chi connectivity index (χ1) is 2.77. The van der Waals surface area contributed by atoms with Gasteiger partial charge in [-0.1, -0.05) is 12.2 Å². The van der Waals surface area contributed by atoms with E-state index in [0.717, 1.165) is 11.3 Å². The van der Waals surface area contributed by atoms with Crippen LogP contribution in [0.1, 0.15) is 13.3 Å². The first kappa shape index (κ1) is 6.05. The van der Waals surface area contributed by atoms with Gasteiger partial charge in [0.15, 0.2) is 0 Å². The van der Waals surface area contributed by atoms with Crippen molar-refractivity contribution in [1.29, 1.82) is 0 Å². The topological polar surface area (TPSA) is 26.0 Å². The van der Waals surface area contributed by atoms with Crippen LogP contribution in [0.2, 0.25) is 0 Å². The summed E-state index contributed by atoms with van der Waals surface area (Å²) >= 11 is 4.71. The molecule has 0 amide bonds. The third-order valence-electron chi connectivity index (χ3n) is 0.496. The minimum Gasteiger partial charge on any atom is -0.330 e. The Hall–Kier alpha value is 0.0500. The van der Waals surface area contributed by atoms with E-state index in [2.05, 4.69) is 0 Å². The van der Waals surface area contributed by atoms with Crippen molar-refractivity contribution in [2.45, 2.75) is 13.3 Å². The summed E-state index contributed by atoms with van der Waals surface area (Å²) in [6.45, 7) is 2.59. The van der Waals surface area contributed by atoms with Crippen LogP contribution in [0.5, 0.6) is 0 Å². The zero-order valence-corrected chi connectivity index (χ0v) is 4.72. The molecule has 0 radical (unpaired) electrons. The van der Waals surface area contributed by atoms with E-state index in [1.54, 1.807) is 0 Å². The fraction of sp³-hybridized carbons (Fsp3) is 0.750. The molecule has 6 heavy (non-hydrogen) atoms. The van der Waals surface area contributed by atoms with Crippen molar-refractivity contribution in [1.82, 2.24) is 0 Å². The summed E-state index contributed by atoms with van der Waals surface area (Å²) < 4.78 is 0. The molecule has 0 atom stereocenters. The van der Waals surface area contributed by atoms with Crippen LogP contribution >= 0.6 is 12.2 Å². The Balaban J connectivity index is 2.83. The minimum absolute atomic E-state index is 0.690. The molecule has 0 aliphatic heterocycles. The Kier molecular flexibility index (Phi) is 3.28. The SMILES string of the molecule is CC(=S)CCN. The molecule has 0 aliphatic rings. The highest BCUT2D eigenvalue weighted by Gasteiger charge is 1.78. The van der Waals surface area contributed by atoms with Gasteiger partial charge in [0.05, 0.1) is 0 Å². The molecule has 36 valence electrons. The lowest BCUT2D eigenvalue weighted by Crippen LogP contribution is -2.01. The molecule has 0 bridgehead atoms. The molecule has 2 heteroatoms. The number of hydrogen-bond acceptors (Lipinski definition) is 2. The van der Waals surface area contributed by atoms with Gasteiger partial charge in [-0.05, 0) is 24.8 Å². The van der Waals surface area contributed by atoms with Gasteiger partial charge >= 0.3 is 0 Å². The molecule has 0 fully saturated rings. The van der Waals surface area contributed by atoms with Gasteiger partial charge in [0.1, 0.15) is 0 Å². The molecule has 0 saturated carbocycles. The van der Waals surface area contributed by atoms with Crippen molar-refractivity contribution in [2.75, 3.05) is 6.54 Å². The van der Waals surface area contributed by atoms with E-state index in [1.807, 2.05) is 6.92 Å². The van der Waals surface area contributed by atoms with Crippen LogP contribution < -0.4 is 5.73 Å². The maximum atomic E-state index is 5.14. The van der Waals surface area contributed by atoms with Crippen LogP contribution in [0.3, 0.4) is 0 Å². The highest BCUT2D eigenvalue weighted by Crippen LogP contribution is 1.77. The third-order valence-corrected chi connectivity index (χ3v) is 0.701. The molecular formula is C4H9NS. The predicted octanol–water partition coefficient (Wildman–Crippen LogP) is 0.725. The number of nitrogens with two attached hydrogens (primary N) is 1. The largest absolute Gasteiger partial charge is 0.330 e. The summed E-state index contributed by atoms with van der Waals surface area (Å²) in [5, 5.41) is 0. The van der Waals surface area contributed by atoms with E-state index in [4.69, 9.17) is 18.0 Å². The van der Waals surface area contributed by atoms with Gasteiger partial charge in [-0.2, -0.15) is 0 Å². The molecule has 0 aromatic rings. The van der Waals surface area contributed by atoms with Crippen LogP contribution in [0.15, 0.2) is 0 Å². The molecule has 0 rings (SSSR count). The zero-order valence-electron chi connectivity index (χ0n) is 3.90. The molecule has 0 aromatic heterocycles. The summed E-state index contributed by atoms with van der Waals surface area (Å²) in [5.74, 6) is 0. The predicted molar refractivity (Wildman–Crippen MR) is 31.9 cm³/mol. The molecule has 0 spiro atoms. The van der Waals surface area contributed by atoms with E-state index in [1.165, 1.54) is 0 Å². The lowest BCUT2D eigenvalue weighted by molar-refractivity contribution is 1.05. The van der Waals surface area contributed by atoms with Gasteiger partial charge < -0.3 is 5.73 Å². The second-order valence-corrected chi connectivity index (χ2v) is 1.94. The highest BCUT2D eigenvalue weighted by atomic mass is 32.1. The van der Waals surface area contributed by atoms with Gasteiger partial charge in [0, 0.05) is 0 Å². The first-order valence-corrected chi connectivity index (χ1v) is 2.37. The van der Waals surface area contributed by atoms with E-state index >= 15 is 0 Å². The molecule has 0 heterocycles. The molecule has 2 N–H and O–H groups in total. The molecule has 1 nitrogen and oxygen atoms in total. The van der Waals surface area contributed by atoms with Crippen LogP contribution in [0.25, 0.3) is 0 Å². The van der Waals surface area contributed by atoms with Crippen molar-refractivity contribution in [3.05, 3.63) is 0 Å². The number of hydrogen-bond donors (Lipinski definition) is 1. The zero-order chi connectivity index (χ0) is 4.99. The summed E-state index contributed by atoms with van der Waals surface area (Å²) in [5.41, 5.74) is 5.14. The molecule has 0 unspecified atom stereocenters. The van der Waals surface area contributed by atoms with Gasteiger partial charge in [-0.25, -0.2) is 0 Å². The summed E-state index contributed by atoms with van der Waals surface area (Å²) in [6.07, 6.45) is 0.884. The van der Waals surface area contributed by atoms with Gasteiger partial charge in [-0.3, -0.25) is 0 Å². The molecule has 0 saturated heterocycles. The first-order valence-electron chi connectivity index (χ1n) is 1.97. The normalized spacial score (nSPS) is 8.33. The molecule has 0 aliphatic carbocycles. The second-order valence-electron chi connectivity index (χ2n) is 1.24. The van der Waals surface area contributed by atoms with E-state index in [-0.39, 0.29) is 0 Å². The fourth-order valence-electron chi connectivity index (χ4n) is 0.203.